The molecule has 1 rings (SSSR count). The topological polar surface area (TPSA) is 67.2 Å². The molecule has 0 aliphatic carbocycles. The summed E-state index contributed by atoms with van der Waals surface area (Å²) < 4.78 is 1.85. The Morgan fingerprint density at radius 2 is 2.16 bits per heavy atom. The Balaban J connectivity index is 2.50. The minimum atomic E-state index is 0.0444. The van der Waals surface area contributed by atoms with Crippen LogP contribution in [-0.4, -0.2) is 33.4 Å². The van der Waals surface area contributed by atoms with Gasteiger partial charge in [0.2, 0.25) is 5.91 Å². The predicted octanol–water partition coefficient (Wildman–Crippen LogP) is 1.25. The lowest BCUT2D eigenvalue weighted by molar-refractivity contribution is -0.121. The van der Waals surface area contributed by atoms with Crippen molar-refractivity contribution in [1.82, 2.24) is 15.1 Å². The highest BCUT2D eigenvalue weighted by atomic mass is 16.3. The van der Waals surface area contributed by atoms with Crippen LogP contribution in [0, 0.1) is 13.8 Å². The maximum Gasteiger partial charge on any atom is 0.220 e. The first-order chi connectivity index (χ1) is 8.99. The van der Waals surface area contributed by atoms with Gasteiger partial charge < -0.3 is 10.4 Å². The molecule has 1 atom stereocenters. The molecule has 0 saturated heterocycles. The van der Waals surface area contributed by atoms with E-state index >= 15 is 0 Å². The molecular formula is C14H25N3O2. The first kappa shape index (κ1) is 15.7. The predicted molar refractivity (Wildman–Crippen MR) is 74.9 cm³/mol. The van der Waals surface area contributed by atoms with E-state index in [2.05, 4.69) is 10.4 Å². The zero-order valence-corrected chi connectivity index (χ0v) is 12.4. The zero-order chi connectivity index (χ0) is 14.4. The summed E-state index contributed by atoms with van der Waals surface area (Å²) in [7, 11) is 1.92. The summed E-state index contributed by atoms with van der Waals surface area (Å²) in [5.41, 5.74) is 3.27. The summed E-state index contributed by atoms with van der Waals surface area (Å²) in [4.78, 5) is 11.9. The molecule has 0 saturated carbocycles. The second kappa shape index (κ2) is 7.28. The lowest BCUT2D eigenvalue weighted by Crippen LogP contribution is -2.35. The van der Waals surface area contributed by atoms with Crippen molar-refractivity contribution in [2.45, 2.75) is 52.5 Å². The minimum absolute atomic E-state index is 0.0444. The van der Waals surface area contributed by atoms with Crippen LogP contribution in [0.3, 0.4) is 0 Å². The van der Waals surface area contributed by atoms with Gasteiger partial charge in [-0.3, -0.25) is 9.48 Å². The first-order valence-corrected chi connectivity index (χ1v) is 6.88. The fourth-order valence-corrected chi connectivity index (χ4v) is 2.25. The molecule has 0 aliphatic heterocycles. The molecule has 2 N–H and O–H groups in total. The third-order valence-electron chi connectivity index (χ3n) is 3.60. The van der Waals surface area contributed by atoms with Crippen molar-refractivity contribution in [3.05, 3.63) is 17.0 Å². The van der Waals surface area contributed by atoms with Crippen molar-refractivity contribution in [3.8, 4) is 0 Å². The van der Waals surface area contributed by atoms with E-state index in [0.717, 1.165) is 23.4 Å². The highest BCUT2D eigenvalue weighted by molar-refractivity contribution is 5.76. The average Bonchev–Trinajstić information content (AvgIpc) is 2.60. The Hall–Kier alpha value is -1.36. The Bertz CT molecular complexity index is 427. The van der Waals surface area contributed by atoms with Gasteiger partial charge in [-0.25, -0.2) is 0 Å². The SMILES string of the molecule is CCC(CCO)NC(=O)CCc1c(C)nn(C)c1C. The molecule has 5 heteroatoms. The number of amides is 1. The van der Waals surface area contributed by atoms with Crippen LogP contribution in [0.5, 0.6) is 0 Å². The van der Waals surface area contributed by atoms with E-state index in [0.29, 0.717) is 19.3 Å². The zero-order valence-electron chi connectivity index (χ0n) is 12.4. The lowest BCUT2D eigenvalue weighted by Gasteiger charge is -2.15. The molecule has 0 fully saturated rings. The van der Waals surface area contributed by atoms with Gasteiger partial charge in [0.1, 0.15) is 0 Å². The molecule has 19 heavy (non-hydrogen) atoms. The van der Waals surface area contributed by atoms with Crippen molar-refractivity contribution in [1.29, 1.82) is 0 Å². The number of aryl methyl sites for hydroxylation is 2. The Kier molecular flexibility index (Phi) is 6.02. The molecule has 0 aliphatic rings. The van der Waals surface area contributed by atoms with Crippen molar-refractivity contribution in [2.24, 2.45) is 7.05 Å². The van der Waals surface area contributed by atoms with Crippen LogP contribution in [0.4, 0.5) is 0 Å². The van der Waals surface area contributed by atoms with E-state index < -0.39 is 0 Å². The Labute approximate surface area is 115 Å². The van der Waals surface area contributed by atoms with Crippen LogP contribution >= 0.6 is 0 Å². The average molecular weight is 267 g/mol. The third-order valence-corrected chi connectivity index (χ3v) is 3.60. The first-order valence-electron chi connectivity index (χ1n) is 6.88. The lowest BCUT2D eigenvalue weighted by atomic mass is 10.1. The third kappa shape index (κ3) is 4.35. The molecule has 1 unspecified atom stereocenters. The maximum atomic E-state index is 11.9. The van der Waals surface area contributed by atoms with Crippen LogP contribution < -0.4 is 5.32 Å². The smallest absolute Gasteiger partial charge is 0.220 e. The van der Waals surface area contributed by atoms with Crippen molar-refractivity contribution in [2.75, 3.05) is 6.61 Å². The number of carbonyl (C=O) groups is 1. The van der Waals surface area contributed by atoms with Crippen molar-refractivity contribution >= 4 is 5.91 Å². The molecule has 1 amide bonds. The number of aliphatic hydroxyl groups excluding tert-OH is 1. The number of rotatable bonds is 7. The molecular weight excluding hydrogens is 242 g/mol. The summed E-state index contributed by atoms with van der Waals surface area (Å²) in [5.74, 6) is 0.0444. The van der Waals surface area contributed by atoms with Gasteiger partial charge in [0, 0.05) is 31.8 Å². The minimum Gasteiger partial charge on any atom is -0.396 e. The molecule has 0 radical (unpaired) electrons. The second-order valence-corrected chi connectivity index (χ2v) is 4.96. The fourth-order valence-electron chi connectivity index (χ4n) is 2.25. The number of hydrogen-bond acceptors (Lipinski definition) is 3. The summed E-state index contributed by atoms with van der Waals surface area (Å²) >= 11 is 0. The van der Waals surface area contributed by atoms with Gasteiger partial charge in [-0.2, -0.15) is 5.10 Å². The quantitative estimate of drug-likeness (QED) is 0.781. The van der Waals surface area contributed by atoms with E-state index in [1.165, 1.54) is 0 Å². The van der Waals surface area contributed by atoms with Gasteiger partial charge in [-0.15, -0.1) is 0 Å². The van der Waals surface area contributed by atoms with E-state index in [-0.39, 0.29) is 18.6 Å². The summed E-state index contributed by atoms with van der Waals surface area (Å²) in [6.07, 6.45) is 2.65. The number of nitrogens with zero attached hydrogens (tertiary/aromatic N) is 2. The van der Waals surface area contributed by atoms with Gasteiger partial charge in [-0.1, -0.05) is 6.92 Å². The monoisotopic (exact) mass is 267 g/mol. The van der Waals surface area contributed by atoms with E-state index in [4.69, 9.17) is 5.11 Å². The summed E-state index contributed by atoms with van der Waals surface area (Å²) in [5, 5.41) is 16.2. The fraction of sp³-hybridized carbons (Fsp3) is 0.714. The van der Waals surface area contributed by atoms with Gasteiger partial charge in [0.25, 0.3) is 0 Å². The Morgan fingerprint density at radius 1 is 1.47 bits per heavy atom. The van der Waals surface area contributed by atoms with Gasteiger partial charge in [0.15, 0.2) is 0 Å². The molecule has 0 bridgehead atoms. The number of aliphatic hydroxyl groups is 1. The largest absolute Gasteiger partial charge is 0.396 e. The standard InChI is InChI=1S/C14H25N3O2/c1-5-12(8-9-18)15-14(19)7-6-13-10(2)16-17(4)11(13)3/h12,18H,5-9H2,1-4H3,(H,15,19). The van der Waals surface area contributed by atoms with Crippen LogP contribution in [0.25, 0.3) is 0 Å². The van der Waals surface area contributed by atoms with Gasteiger partial charge in [-0.05, 0) is 38.7 Å². The Morgan fingerprint density at radius 3 is 2.63 bits per heavy atom. The van der Waals surface area contributed by atoms with Crippen molar-refractivity contribution in [3.63, 3.8) is 0 Å². The molecule has 1 aromatic heterocycles. The summed E-state index contributed by atoms with van der Waals surface area (Å²) in [6.45, 7) is 6.12. The highest BCUT2D eigenvalue weighted by Gasteiger charge is 2.13. The second-order valence-electron chi connectivity index (χ2n) is 4.96. The summed E-state index contributed by atoms with van der Waals surface area (Å²) in [6, 6.07) is 0.0774. The van der Waals surface area contributed by atoms with E-state index in [9.17, 15) is 4.79 Å². The van der Waals surface area contributed by atoms with Crippen LogP contribution in [-0.2, 0) is 18.3 Å². The number of carbonyl (C=O) groups excluding carboxylic acids is 1. The number of aromatic nitrogens is 2. The van der Waals surface area contributed by atoms with E-state index in [1.807, 2.05) is 32.5 Å². The molecule has 0 spiro atoms. The molecule has 0 aromatic carbocycles. The maximum absolute atomic E-state index is 11.9. The van der Waals surface area contributed by atoms with E-state index in [1.54, 1.807) is 0 Å². The highest BCUT2D eigenvalue weighted by Crippen LogP contribution is 2.14. The van der Waals surface area contributed by atoms with Gasteiger partial charge >= 0.3 is 0 Å². The molecule has 5 nitrogen and oxygen atoms in total. The number of nitrogens with one attached hydrogen (secondary N) is 1. The molecule has 1 heterocycles. The molecule has 108 valence electrons. The van der Waals surface area contributed by atoms with Gasteiger partial charge in [0.05, 0.1) is 5.69 Å². The van der Waals surface area contributed by atoms with Crippen LogP contribution in [0.2, 0.25) is 0 Å². The van der Waals surface area contributed by atoms with Crippen LogP contribution in [0.1, 0.15) is 43.1 Å². The van der Waals surface area contributed by atoms with Crippen molar-refractivity contribution < 1.29 is 9.90 Å². The normalized spacial score (nSPS) is 12.5. The number of hydrogen-bond donors (Lipinski definition) is 2. The van der Waals surface area contributed by atoms with Crippen LogP contribution in [0.15, 0.2) is 0 Å². The molecule has 1 aromatic rings.